The molecule has 0 saturated heterocycles. The van der Waals surface area contributed by atoms with Gasteiger partial charge in [-0.25, -0.2) is 4.98 Å². The molecule has 4 nitrogen and oxygen atoms in total. The number of carbonyl (C=O) groups excluding carboxylic acids is 1. The van der Waals surface area contributed by atoms with Crippen molar-refractivity contribution in [1.29, 1.82) is 0 Å². The molecule has 128 valence electrons. The summed E-state index contributed by atoms with van der Waals surface area (Å²) < 4.78 is 5.50. The average molecular weight is 370 g/mol. The molecule has 25 heavy (non-hydrogen) atoms. The molecule has 2 aromatic carbocycles. The van der Waals surface area contributed by atoms with Gasteiger partial charge < -0.3 is 9.73 Å². The highest BCUT2D eigenvalue weighted by atomic mass is 32.2. The molecule has 1 heterocycles. The summed E-state index contributed by atoms with van der Waals surface area (Å²) in [6.45, 7) is 0. The second-order valence-electron chi connectivity index (χ2n) is 5.28. The Morgan fingerprint density at radius 1 is 1.16 bits per heavy atom. The van der Waals surface area contributed by atoms with Gasteiger partial charge in [0.25, 0.3) is 0 Å². The van der Waals surface area contributed by atoms with Gasteiger partial charge in [0.15, 0.2) is 0 Å². The monoisotopic (exact) mass is 370 g/mol. The molecular weight excluding hydrogens is 352 g/mol. The molecule has 3 rings (SSSR count). The fraction of sp³-hybridized carbons (Fsp3) is 0.158. The first-order chi connectivity index (χ1) is 12.2. The van der Waals surface area contributed by atoms with Crippen molar-refractivity contribution in [3.8, 4) is 11.5 Å². The van der Waals surface area contributed by atoms with Crippen LogP contribution in [0.1, 0.15) is 5.69 Å². The van der Waals surface area contributed by atoms with Crippen molar-refractivity contribution < 1.29 is 9.21 Å². The summed E-state index contributed by atoms with van der Waals surface area (Å²) in [4.78, 5) is 17.6. The molecule has 6 heteroatoms. The average Bonchev–Trinajstić information content (AvgIpc) is 3.11. The summed E-state index contributed by atoms with van der Waals surface area (Å²) in [6.07, 6.45) is 3.66. The Balaban J connectivity index is 1.48. The molecule has 0 fully saturated rings. The van der Waals surface area contributed by atoms with E-state index in [4.69, 9.17) is 4.42 Å². The molecule has 0 aliphatic carbocycles. The highest BCUT2D eigenvalue weighted by Gasteiger charge is 2.08. The second-order valence-corrected chi connectivity index (χ2v) is 7.15. The normalized spacial score (nSPS) is 10.6. The van der Waals surface area contributed by atoms with Crippen LogP contribution in [0, 0.1) is 0 Å². The minimum Gasteiger partial charge on any atom is -0.444 e. The number of aromatic nitrogens is 1. The number of oxazole rings is 1. The molecule has 1 amide bonds. The molecule has 1 N–H and O–H groups in total. The molecule has 0 radical (unpaired) electrons. The zero-order valence-electron chi connectivity index (χ0n) is 13.8. The van der Waals surface area contributed by atoms with Crippen molar-refractivity contribution in [3.05, 3.63) is 66.6 Å². The minimum atomic E-state index is -0.0185. The number of benzene rings is 2. The maximum absolute atomic E-state index is 12.0. The van der Waals surface area contributed by atoms with Gasteiger partial charge in [0.2, 0.25) is 11.8 Å². The van der Waals surface area contributed by atoms with Gasteiger partial charge in [0, 0.05) is 21.9 Å². The fourth-order valence-electron chi connectivity index (χ4n) is 2.23. The zero-order valence-corrected chi connectivity index (χ0v) is 15.4. The van der Waals surface area contributed by atoms with Crippen LogP contribution >= 0.6 is 23.5 Å². The molecule has 0 atom stereocenters. The van der Waals surface area contributed by atoms with E-state index in [0.717, 1.165) is 21.8 Å². The van der Waals surface area contributed by atoms with Gasteiger partial charge in [0.05, 0.1) is 11.4 Å². The van der Waals surface area contributed by atoms with Crippen LogP contribution in [0.15, 0.2) is 70.2 Å². The molecule has 3 aromatic rings. The van der Waals surface area contributed by atoms with Gasteiger partial charge in [-0.1, -0.05) is 24.3 Å². The van der Waals surface area contributed by atoms with E-state index in [1.807, 2.05) is 60.9 Å². The number of amides is 1. The lowest BCUT2D eigenvalue weighted by atomic mass is 10.2. The Bertz CT molecular complexity index is 834. The molecule has 0 aliphatic rings. The fourth-order valence-corrected chi connectivity index (χ4v) is 3.39. The number of rotatable bonds is 7. The smallest absolute Gasteiger partial charge is 0.234 e. The van der Waals surface area contributed by atoms with Crippen LogP contribution in [0.3, 0.4) is 0 Å². The van der Waals surface area contributed by atoms with Crippen LogP contribution in [0.2, 0.25) is 0 Å². The first-order valence-corrected chi connectivity index (χ1v) is 10.1. The molecular formula is C19H18N2O2S2. The molecule has 0 saturated carbocycles. The highest BCUT2D eigenvalue weighted by molar-refractivity contribution is 7.99. The van der Waals surface area contributed by atoms with E-state index in [-0.39, 0.29) is 5.91 Å². The first-order valence-electron chi connectivity index (χ1n) is 7.76. The third-order valence-electron chi connectivity index (χ3n) is 3.41. The lowest BCUT2D eigenvalue weighted by molar-refractivity contribution is -0.113. The third-order valence-corrected chi connectivity index (χ3v) is 5.10. The van der Waals surface area contributed by atoms with Crippen LogP contribution < -0.4 is 5.32 Å². The van der Waals surface area contributed by atoms with Gasteiger partial charge in [-0.3, -0.25) is 4.79 Å². The standard InChI is InChI=1S/C19H18N2O2S2/c1-24-17-9-5-8-15(10-17)20-18(22)13-25-12-16-11-23-19(21-16)14-6-3-2-4-7-14/h2-11H,12-13H2,1H3,(H,20,22). The summed E-state index contributed by atoms with van der Waals surface area (Å²) in [5.74, 6) is 1.59. The summed E-state index contributed by atoms with van der Waals surface area (Å²) in [5.41, 5.74) is 2.61. The third kappa shape index (κ3) is 5.14. The Morgan fingerprint density at radius 3 is 2.80 bits per heavy atom. The number of carbonyl (C=O) groups is 1. The van der Waals surface area contributed by atoms with E-state index in [1.165, 1.54) is 11.8 Å². The predicted octanol–water partition coefficient (Wildman–Crippen LogP) is 4.94. The number of hydrogen-bond acceptors (Lipinski definition) is 5. The number of hydrogen-bond donors (Lipinski definition) is 1. The van der Waals surface area contributed by atoms with E-state index in [0.29, 0.717) is 17.4 Å². The second kappa shape index (κ2) is 8.78. The lowest BCUT2D eigenvalue weighted by Gasteiger charge is -2.06. The van der Waals surface area contributed by atoms with Crippen molar-refractivity contribution in [2.75, 3.05) is 17.3 Å². The number of thioether (sulfide) groups is 2. The van der Waals surface area contributed by atoms with Gasteiger partial charge in [-0.2, -0.15) is 0 Å². The number of anilines is 1. The van der Waals surface area contributed by atoms with E-state index in [1.54, 1.807) is 18.0 Å². The molecule has 1 aromatic heterocycles. The quantitative estimate of drug-likeness (QED) is 0.597. The SMILES string of the molecule is CSc1cccc(NC(=O)CSCc2coc(-c3ccccc3)n2)c1. The highest BCUT2D eigenvalue weighted by Crippen LogP contribution is 2.21. The molecule has 0 bridgehead atoms. The summed E-state index contributed by atoms with van der Waals surface area (Å²) in [5, 5.41) is 2.92. The van der Waals surface area contributed by atoms with Crippen LogP contribution in [0.4, 0.5) is 5.69 Å². The minimum absolute atomic E-state index is 0.0185. The van der Waals surface area contributed by atoms with Crippen molar-refractivity contribution in [3.63, 3.8) is 0 Å². The van der Waals surface area contributed by atoms with Gasteiger partial charge in [-0.15, -0.1) is 23.5 Å². The summed E-state index contributed by atoms with van der Waals surface area (Å²) >= 11 is 3.16. The molecule has 0 spiro atoms. The Kier molecular flexibility index (Phi) is 6.19. The maximum Gasteiger partial charge on any atom is 0.234 e. The first kappa shape index (κ1) is 17.6. The van der Waals surface area contributed by atoms with Crippen LogP contribution in [0.25, 0.3) is 11.5 Å². The summed E-state index contributed by atoms with van der Waals surface area (Å²) in [6, 6.07) is 17.6. The van der Waals surface area contributed by atoms with Gasteiger partial charge in [-0.05, 0) is 36.6 Å². The Morgan fingerprint density at radius 2 is 2.00 bits per heavy atom. The Labute approximate surface area is 155 Å². The van der Waals surface area contributed by atoms with Crippen molar-refractivity contribution >= 4 is 35.1 Å². The van der Waals surface area contributed by atoms with Gasteiger partial charge in [0.1, 0.15) is 6.26 Å². The molecule has 0 unspecified atom stereocenters. The van der Waals surface area contributed by atoms with E-state index < -0.39 is 0 Å². The zero-order chi connectivity index (χ0) is 17.5. The summed E-state index contributed by atoms with van der Waals surface area (Å²) in [7, 11) is 0. The van der Waals surface area contributed by atoms with E-state index in [9.17, 15) is 4.79 Å². The van der Waals surface area contributed by atoms with E-state index in [2.05, 4.69) is 10.3 Å². The number of nitrogens with one attached hydrogen (secondary N) is 1. The van der Waals surface area contributed by atoms with Crippen LogP contribution in [-0.4, -0.2) is 22.9 Å². The largest absolute Gasteiger partial charge is 0.444 e. The van der Waals surface area contributed by atoms with Crippen LogP contribution in [-0.2, 0) is 10.5 Å². The van der Waals surface area contributed by atoms with Crippen molar-refractivity contribution in [2.24, 2.45) is 0 Å². The lowest BCUT2D eigenvalue weighted by Crippen LogP contribution is -2.14. The molecule has 0 aliphatic heterocycles. The maximum atomic E-state index is 12.0. The topological polar surface area (TPSA) is 55.1 Å². The van der Waals surface area contributed by atoms with Crippen molar-refractivity contribution in [1.82, 2.24) is 4.98 Å². The Hall–Kier alpha value is -2.18. The van der Waals surface area contributed by atoms with Crippen LogP contribution in [0.5, 0.6) is 0 Å². The van der Waals surface area contributed by atoms with Gasteiger partial charge >= 0.3 is 0 Å². The van der Waals surface area contributed by atoms with Crippen molar-refractivity contribution in [2.45, 2.75) is 10.6 Å². The predicted molar refractivity (Wildman–Crippen MR) is 105 cm³/mol. The van der Waals surface area contributed by atoms with E-state index >= 15 is 0 Å². The number of nitrogens with zero attached hydrogens (tertiary/aromatic N) is 1.